The van der Waals surface area contributed by atoms with Crippen LogP contribution in [0.4, 0.5) is 5.69 Å². The molecule has 0 unspecified atom stereocenters. The molecule has 1 atom stereocenters. The van der Waals surface area contributed by atoms with E-state index in [9.17, 15) is 9.59 Å². The molecule has 0 fully saturated rings. The molecular formula is C13H19N3O2S. The van der Waals surface area contributed by atoms with Crippen LogP contribution in [-0.4, -0.2) is 29.9 Å². The van der Waals surface area contributed by atoms with Gasteiger partial charge in [0.25, 0.3) is 0 Å². The van der Waals surface area contributed by atoms with Crippen molar-refractivity contribution >= 4 is 29.3 Å². The molecule has 0 aromatic heterocycles. The summed E-state index contributed by atoms with van der Waals surface area (Å²) in [5.74, 6) is 0.140. The van der Waals surface area contributed by atoms with E-state index < -0.39 is 11.9 Å². The third-order valence-electron chi connectivity index (χ3n) is 2.73. The number of benzene rings is 1. The maximum absolute atomic E-state index is 11.8. The summed E-state index contributed by atoms with van der Waals surface area (Å²) in [7, 11) is 0. The Morgan fingerprint density at radius 1 is 1.42 bits per heavy atom. The fourth-order valence-electron chi connectivity index (χ4n) is 1.63. The van der Waals surface area contributed by atoms with Crippen molar-refractivity contribution < 1.29 is 9.59 Å². The molecule has 0 radical (unpaired) electrons. The lowest BCUT2D eigenvalue weighted by Gasteiger charge is -2.12. The summed E-state index contributed by atoms with van der Waals surface area (Å²) in [6, 6.07) is 4.43. The predicted octanol–water partition coefficient (Wildman–Crippen LogP) is 1.11. The van der Waals surface area contributed by atoms with Crippen molar-refractivity contribution in [1.29, 1.82) is 0 Å². The first kappa shape index (κ1) is 15.5. The molecule has 1 aromatic rings. The van der Waals surface area contributed by atoms with Crippen molar-refractivity contribution in [3.8, 4) is 0 Å². The Morgan fingerprint density at radius 2 is 2.11 bits per heavy atom. The first-order valence-corrected chi connectivity index (χ1v) is 7.31. The van der Waals surface area contributed by atoms with Gasteiger partial charge in [-0.3, -0.25) is 9.59 Å². The molecule has 5 N–H and O–H groups in total. The molecule has 2 amide bonds. The quantitative estimate of drug-likeness (QED) is 0.727. The highest BCUT2D eigenvalue weighted by atomic mass is 32.2. The van der Waals surface area contributed by atoms with Gasteiger partial charge in [-0.2, -0.15) is 11.8 Å². The molecular weight excluding hydrogens is 262 g/mol. The van der Waals surface area contributed by atoms with Crippen LogP contribution in [0.15, 0.2) is 18.2 Å². The Balaban J connectivity index is 2.70. The molecule has 0 aliphatic carbocycles. The topological polar surface area (TPSA) is 98.2 Å². The van der Waals surface area contributed by atoms with Gasteiger partial charge in [0.15, 0.2) is 0 Å². The number of rotatable bonds is 6. The SMILES string of the molecule is CSCC[C@H](N)C(=O)Nc1ccc(C(N)=O)c(C)c1. The van der Waals surface area contributed by atoms with Crippen molar-refractivity contribution in [1.82, 2.24) is 0 Å². The molecule has 0 saturated carbocycles. The molecule has 1 rings (SSSR count). The van der Waals surface area contributed by atoms with Gasteiger partial charge in [0, 0.05) is 11.3 Å². The number of hydrogen-bond donors (Lipinski definition) is 3. The lowest BCUT2D eigenvalue weighted by molar-refractivity contribution is -0.117. The number of carbonyl (C=O) groups excluding carboxylic acids is 2. The van der Waals surface area contributed by atoms with E-state index in [-0.39, 0.29) is 5.91 Å². The molecule has 0 aliphatic heterocycles. The number of thioether (sulfide) groups is 1. The van der Waals surface area contributed by atoms with Crippen LogP contribution in [0.25, 0.3) is 0 Å². The van der Waals surface area contributed by atoms with Gasteiger partial charge < -0.3 is 16.8 Å². The molecule has 0 spiro atoms. The van der Waals surface area contributed by atoms with Crippen molar-refractivity contribution in [2.75, 3.05) is 17.3 Å². The number of aryl methyl sites for hydroxylation is 1. The highest BCUT2D eigenvalue weighted by molar-refractivity contribution is 7.98. The zero-order valence-corrected chi connectivity index (χ0v) is 11.9. The van der Waals surface area contributed by atoms with E-state index in [1.165, 1.54) is 0 Å². The Morgan fingerprint density at radius 3 is 2.63 bits per heavy atom. The van der Waals surface area contributed by atoms with Crippen molar-refractivity contribution in [3.63, 3.8) is 0 Å². The summed E-state index contributed by atoms with van der Waals surface area (Å²) < 4.78 is 0. The molecule has 5 nitrogen and oxygen atoms in total. The van der Waals surface area contributed by atoms with E-state index in [2.05, 4.69) is 5.32 Å². The maximum atomic E-state index is 11.8. The van der Waals surface area contributed by atoms with Crippen LogP contribution in [0.3, 0.4) is 0 Å². The average Bonchev–Trinajstić information content (AvgIpc) is 2.35. The van der Waals surface area contributed by atoms with E-state index >= 15 is 0 Å². The normalized spacial score (nSPS) is 11.9. The Bertz CT molecular complexity index is 477. The van der Waals surface area contributed by atoms with Gasteiger partial charge in [0.2, 0.25) is 11.8 Å². The lowest BCUT2D eigenvalue weighted by Crippen LogP contribution is -2.36. The number of hydrogen-bond acceptors (Lipinski definition) is 4. The molecule has 0 aliphatic rings. The zero-order valence-electron chi connectivity index (χ0n) is 11.1. The van der Waals surface area contributed by atoms with Gasteiger partial charge in [-0.1, -0.05) is 0 Å². The standard InChI is InChI=1S/C13H19N3O2S/c1-8-7-9(3-4-10(8)12(15)17)16-13(18)11(14)5-6-19-2/h3-4,7,11H,5-6,14H2,1-2H3,(H2,15,17)(H,16,18)/t11-/m0/s1. The van der Waals surface area contributed by atoms with Gasteiger partial charge in [-0.05, 0) is 49.1 Å². The van der Waals surface area contributed by atoms with Crippen LogP contribution in [0, 0.1) is 6.92 Å². The molecule has 0 saturated heterocycles. The minimum atomic E-state index is -0.524. The summed E-state index contributed by atoms with van der Waals surface area (Å²) in [6.45, 7) is 1.77. The second-order valence-corrected chi connectivity index (χ2v) is 5.26. The van der Waals surface area contributed by atoms with E-state index in [4.69, 9.17) is 11.5 Å². The third-order valence-corrected chi connectivity index (χ3v) is 3.37. The zero-order chi connectivity index (χ0) is 14.4. The van der Waals surface area contributed by atoms with E-state index in [1.807, 2.05) is 6.26 Å². The van der Waals surface area contributed by atoms with Crippen LogP contribution >= 0.6 is 11.8 Å². The monoisotopic (exact) mass is 281 g/mol. The van der Waals surface area contributed by atoms with Gasteiger partial charge >= 0.3 is 0 Å². The van der Waals surface area contributed by atoms with Crippen LogP contribution < -0.4 is 16.8 Å². The first-order valence-electron chi connectivity index (χ1n) is 5.91. The fraction of sp³-hybridized carbons (Fsp3) is 0.385. The Labute approximate surface area is 117 Å². The van der Waals surface area contributed by atoms with Crippen molar-refractivity contribution in [3.05, 3.63) is 29.3 Å². The van der Waals surface area contributed by atoms with Gasteiger partial charge in [-0.25, -0.2) is 0 Å². The van der Waals surface area contributed by atoms with Crippen LogP contribution in [0.2, 0.25) is 0 Å². The van der Waals surface area contributed by atoms with Crippen LogP contribution in [-0.2, 0) is 4.79 Å². The van der Waals surface area contributed by atoms with E-state index in [1.54, 1.807) is 36.9 Å². The second-order valence-electron chi connectivity index (χ2n) is 4.27. The average molecular weight is 281 g/mol. The van der Waals surface area contributed by atoms with Crippen molar-refractivity contribution in [2.24, 2.45) is 11.5 Å². The smallest absolute Gasteiger partial charge is 0.248 e. The maximum Gasteiger partial charge on any atom is 0.248 e. The summed E-state index contributed by atoms with van der Waals surface area (Å²) in [5.41, 5.74) is 12.8. The highest BCUT2D eigenvalue weighted by Crippen LogP contribution is 2.15. The van der Waals surface area contributed by atoms with Crippen LogP contribution in [0.1, 0.15) is 22.3 Å². The molecule has 0 bridgehead atoms. The summed E-state index contributed by atoms with van der Waals surface area (Å²) in [5, 5.41) is 2.73. The third kappa shape index (κ3) is 4.57. The number of primary amides is 1. The largest absolute Gasteiger partial charge is 0.366 e. The minimum Gasteiger partial charge on any atom is -0.366 e. The van der Waals surface area contributed by atoms with E-state index in [0.717, 1.165) is 11.3 Å². The number of carbonyl (C=O) groups is 2. The Kier molecular flexibility index (Phi) is 5.85. The first-order chi connectivity index (χ1) is 8.95. The lowest BCUT2D eigenvalue weighted by atomic mass is 10.1. The summed E-state index contributed by atoms with van der Waals surface area (Å²) in [4.78, 5) is 22.9. The van der Waals surface area contributed by atoms with Crippen LogP contribution in [0.5, 0.6) is 0 Å². The molecule has 6 heteroatoms. The molecule has 0 heterocycles. The van der Waals surface area contributed by atoms with E-state index in [0.29, 0.717) is 17.7 Å². The summed E-state index contributed by atoms with van der Waals surface area (Å²) >= 11 is 1.65. The molecule has 1 aromatic carbocycles. The minimum absolute atomic E-state index is 0.222. The number of amides is 2. The predicted molar refractivity (Wildman–Crippen MR) is 79.3 cm³/mol. The number of nitrogens with two attached hydrogens (primary N) is 2. The van der Waals surface area contributed by atoms with Gasteiger partial charge in [0.05, 0.1) is 6.04 Å². The number of nitrogens with one attached hydrogen (secondary N) is 1. The van der Waals surface area contributed by atoms with Gasteiger partial charge in [0.1, 0.15) is 0 Å². The van der Waals surface area contributed by atoms with Gasteiger partial charge in [-0.15, -0.1) is 0 Å². The molecule has 19 heavy (non-hydrogen) atoms. The second kappa shape index (κ2) is 7.16. The van der Waals surface area contributed by atoms with Crippen molar-refractivity contribution in [2.45, 2.75) is 19.4 Å². The Hall–Kier alpha value is -1.53. The fourth-order valence-corrected chi connectivity index (χ4v) is 2.12. The molecule has 104 valence electrons. The number of anilines is 1. The highest BCUT2D eigenvalue weighted by Gasteiger charge is 2.13. The summed E-state index contributed by atoms with van der Waals surface area (Å²) in [6.07, 6.45) is 2.60.